The number of aliphatic hydroxyl groups is 2. The number of hydrogen-bond acceptors (Lipinski definition) is 16. The van der Waals surface area contributed by atoms with Crippen molar-refractivity contribution in [2.45, 2.75) is 204 Å². The SMILES string of the molecule is CC[C@H](C)[C@H]1O[C@]2(C=C[C@@H]1C)C[C@@H]1C[C@@H](C/C=C(\C)[C@@H](O[C@H]3C[C@@H](OC)[C@@H](O[C@H]4C[C@@H](OC)[C@@H](OC(=O)CCC(=O)O)[C@H](C)O4)[C@H](C)O3)[C@@H](C)/C=C/C=C3\CO[C@@H]4[C@H](O)C(C)=C[C@@H](C(=O)O1)[C@]34O)O2. The number of allylic oxidation sites excluding steroid dienone is 2. The second-order valence-electron chi connectivity index (χ2n) is 20.3. The van der Waals surface area contributed by atoms with Crippen molar-refractivity contribution in [3.05, 3.63) is 59.3 Å². The minimum absolute atomic E-state index is 0.00595. The van der Waals surface area contributed by atoms with Gasteiger partial charge in [-0.1, -0.05) is 70.6 Å². The molecule has 3 N–H and O–H groups in total. The van der Waals surface area contributed by atoms with Crippen LogP contribution in [0.5, 0.6) is 0 Å². The van der Waals surface area contributed by atoms with Gasteiger partial charge in [0.15, 0.2) is 24.5 Å². The van der Waals surface area contributed by atoms with E-state index in [9.17, 15) is 24.6 Å². The van der Waals surface area contributed by atoms with Crippen LogP contribution >= 0.6 is 0 Å². The van der Waals surface area contributed by atoms with Gasteiger partial charge in [0.25, 0.3) is 0 Å². The number of carboxylic acid groups (broad SMARTS) is 1. The molecule has 0 radical (unpaired) electrons. The van der Waals surface area contributed by atoms with Crippen LogP contribution in [0.15, 0.2) is 59.3 Å². The largest absolute Gasteiger partial charge is 0.481 e. The molecule has 386 valence electrons. The summed E-state index contributed by atoms with van der Waals surface area (Å²) in [6, 6.07) is 0. The van der Waals surface area contributed by atoms with Crippen molar-refractivity contribution in [3.8, 4) is 0 Å². The zero-order valence-electron chi connectivity index (χ0n) is 41.9. The molecule has 6 heterocycles. The Morgan fingerprint density at radius 3 is 2.25 bits per heavy atom. The summed E-state index contributed by atoms with van der Waals surface area (Å²) in [5.41, 5.74) is 0.0232. The highest BCUT2D eigenvalue weighted by atomic mass is 16.7. The highest BCUT2D eigenvalue weighted by molar-refractivity contribution is 5.79. The standard InChI is InChI=1S/C52H76O17/c1-11-27(2)46-30(5)19-20-51(69-46)25-36-22-35(68-51)16-15-29(4)45(28(3)13-12-14-34-26-61-49-44(56)31(6)21-37(50(57)64-36)52(34,49)58)66-42-24-39(60-10)48(33(8)63-42)67-43-23-38(59-9)47(32(7)62-43)65-41(55)18-17-40(53)54/h12-15,19-21,27-28,30,32-33,35-39,42-49,56,58H,11,16-18,22-26H2,1-10H3,(H,53,54)/b13-12+,29-15+,34-14+/t27-,28-,30-,32-,33-,35+,36-,37-,38+,39+,42-,43-,44+,45-,46+,47-,48-,49+,51+,52+/m0/s1. The maximum atomic E-state index is 14.4. The lowest BCUT2D eigenvalue weighted by Crippen LogP contribution is -2.58. The summed E-state index contributed by atoms with van der Waals surface area (Å²) in [7, 11) is 3.12. The van der Waals surface area contributed by atoms with Crippen LogP contribution in [-0.2, 0) is 66.5 Å². The Hall–Kier alpha value is -3.33. The van der Waals surface area contributed by atoms with Gasteiger partial charge >= 0.3 is 17.9 Å². The number of rotatable bonds is 12. The zero-order valence-corrected chi connectivity index (χ0v) is 41.9. The summed E-state index contributed by atoms with van der Waals surface area (Å²) in [5, 5.41) is 32.8. The molecular weight excluding hydrogens is 897 g/mol. The molecule has 0 aromatic rings. The van der Waals surface area contributed by atoms with E-state index in [0.717, 1.165) is 12.0 Å². The molecule has 4 saturated heterocycles. The van der Waals surface area contributed by atoms with Crippen molar-refractivity contribution in [3.63, 3.8) is 0 Å². The lowest BCUT2D eigenvalue weighted by Gasteiger charge is -2.48. The van der Waals surface area contributed by atoms with Gasteiger partial charge in [0.2, 0.25) is 0 Å². The van der Waals surface area contributed by atoms with Crippen LogP contribution in [0.4, 0.5) is 0 Å². The van der Waals surface area contributed by atoms with Crippen LogP contribution < -0.4 is 0 Å². The van der Waals surface area contributed by atoms with Crippen LogP contribution in [0.25, 0.3) is 0 Å². The van der Waals surface area contributed by atoms with E-state index in [-0.39, 0.29) is 56.1 Å². The molecular formula is C52H76O17. The molecule has 6 aliphatic heterocycles. The van der Waals surface area contributed by atoms with Gasteiger partial charge in [0.1, 0.15) is 42.0 Å². The minimum Gasteiger partial charge on any atom is -0.481 e. The number of ether oxygens (including phenoxy) is 11. The van der Waals surface area contributed by atoms with E-state index in [0.29, 0.717) is 30.4 Å². The predicted octanol–water partition coefficient (Wildman–Crippen LogP) is 5.79. The van der Waals surface area contributed by atoms with Crippen molar-refractivity contribution in [2.75, 3.05) is 20.8 Å². The monoisotopic (exact) mass is 973 g/mol. The number of esters is 2. The summed E-state index contributed by atoms with van der Waals surface area (Å²) in [6.45, 7) is 15.9. The fourth-order valence-electron chi connectivity index (χ4n) is 11.1. The van der Waals surface area contributed by atoms with Gasteiger partial charge < -0.3 is 67.4 Å². The van der Waals surface area contributed by atoms with Gasteiger partial charge in [-0.15, -0.1) is 0 Å². The number of hydrogen-bond donors (Lipinski definition) is 3. The number of aliphatic hydroxyl groups excluding tert-OH is 1. The summed E-state index contributed by atoms with van der Waals surface area (Å²) >= 11 is 0. The van der Waals surface area contributed by atoms with E-state index in [1.165, 1.54) is 7.11 Å². The van der Waals surface area contributed by atoms with Gasteiger partial charge in [-0.05, 0) is 62.8 Å². The second kappa shape index (κ2) is 22.6. The van der Waals surface area contributed by atoms with E-state index in [1.54, 1.807) is 33.1 Å². The Labute approximate surface area is 406 Å². The Bertz CT molecular complexity index is 1980. The topological polar surface area (TPSA) is 213 Å². The average Bonchev–Trinajstić information content (AvgIpc) is 3.65. The van der Waals surface area contributed by atoms with Crippen molar-refractivity contribution in [1.82, 2.24) is 0 Å². The average molecular weight is 973 g/mol. The van der Waals surface area contributed by atoms with Crippen molar-refractivity contribution < 1.29 is 81.8 Å². The van der Waals surface area contributed by atoms with Crippen LogP contribution in [-0.4, -0.2) is 151 Å². The number of carbonyl (C=O) groups is 3. The molecule has 7 rings (SSSR count). The second-order valence-corrected chi connectivity index (χ2v) is 20.3. The normalized spacial score (nSPS) is 45.2. The lowest BCUT2D eigenvalue weighted by molar-refractivity contribution is -0.319. The Morgan fingerprint density at radius 2 is 1.57 bits per heavy atom. The van der Waals surface area contributed by atoms with E-state index >= 15 is 0 Å². The Kier molecular flexibility index (Phi) is 17.5. The first kappa shape index (κ1) is 53.5. The van der Waals surface area contributed by atoms with Crippen LogP contribution in [0.3, 0.4) is 0 Å². The fourth-order valence-corrected chi connectivity index (χ4v) is 11.1. The van der Waals surface area contributed by atoms with Crippen LogP contribution in [0.1, 0.15) is 107 Å². The van der Waals surface area contributed by atoms with E-state index in [2.05, 4.69) is 32.9 Å². The number of carbonyl (C=O) groups excluding carboxylic acids is 2. The molecule has 2 bridgehead atoms. The molecule has 17 nitrogen and oxygen atoms in total. The number of aliphatic carboxylic acids is 1. The molecule has 69 heavy (non-hydrogen) atoms. The van der Waals surface area contributed by atoms with Gasteiger partial charge in [-0.2, -0.15) is 0 Å². The molecule has 1 spiro atoms. The third-order valence-electron chi connectivity index (χ3n) is 15.3. The molecule has 0 saturated carbocycles. The van der Waals surface area contributed by atoms with Crippen molar-refractivity contribution in [1.29, 1.82) is 0 Å². The molecule has 7 aliphatic rings. The zero-order chi connectivity index (χ0) is 49.9. The van der Waals surface area contributed by atoms with E-state index in [1.807, 2.05) is 39.0 Å². The molecule has 0 aromatic heterocycles. The molecule has 20 atom stereocenters. The minimum atomic E-state index is -1.87. The first-order valence-corrected chi connectivity index (χ1v) is 24.9. The number of methoxy groups -OCH3 is 2. The van der Waals surface area contributed by atoms with E-state index in [4.69, 9.17) is 57.2 Å². The third-order valence-corrected chi connectivity index (χ3v) is 15.3. The fraction of sp³-hybridized carbons (Fsp3) is 0.750. The molecule has 0 aromatic carbocycles. The lowest BCUT2D eigenvalue weighted by atomic mass is 9.71. The molecule has 4 fully saturated rings. The maximum absolute atomic E-state index is 14.4. The van der Waals surface area contributed by atoms with E-state index < -0.39 is 115 Å². The molecule has 0 amide bonds. The van der Waals surface area contributed by atoms with Crippen LogP contribution in [0.2, 0.25) is 0 Å². The predicted molar refractivity (Wildman–Crippen MR) is 248 cm³/mol. The first-order valence-electron chi connectivity index (χ1n) is 24.9. The smallest absolute Gasteiger partial charge is 0.316 e. The van der Waals surface area contributed by atoms with Crippen molar-refractivity contribution >= 4 is 17.9 Å². The number of carboxylic acids is 1. The number of fused-ring (bicyclic) bond motifs is 2. The molecule has 1 aliphatic carbocycles. The van der Waals surface area contributed by atoms with Gasteiger partial charge in [-0.3, -0.25) is 14.4 Å². The van der Waals surface area contributed by atoms with Crippen molar-refractivity contribution in [2.24, 2.45) is 23.7 Å². The molecule has 17 heteroatoms. The highest BCUT2D eigenvalue weighted by Gasteiger charge is 2.60. The highest BCUT2D eigenvalue weighted by Crippen LogP contribution is 2.47. The summed E-state index contributed by atoms with van der Waals surface area (Å²) in [6.07, 6.45) is 6.52. The van der Waals surface area contributed by atoms with Gasteiger partial charge in [0, 0.05) is 51.7 Å². The summed E-state index contributed by atoms with van der Waals surface area (Å²) in [5.74, 6) is -4.47. The third kappa shape index (κ3) is 11.8. The quantitative estimate of drug-likeness (QED) is 0.156. The summed E-state index contributed by atoms with van der Waals surface area (Å²) < 4.78 is 69.8. The maximum Gasteiger partial charge on any atom is 0.316 e. The Balaban J connectivity index is 1.13. The van der Waals surface area contributed by atoms with Crippen LogP contribution in [0, 0.1) is 23.7 Å². The van der Waals surface area contributed by atoms with Gasteiger partial charge in [-0.25, -0.2) is 0 Å². The molecule has 0 unspecified atom stereocenters. The summed E-state index contributed by atoms with van der Waals surface area (Å²) in [4.78, 5) is 37.8. The Morgan fingerprint density at radius 1 is 0.884 bits per heavy atom. The van der Waals surface area contributed by atoms with Gasteiger partial charge in [0.05, 0.1) is 56.1 Å². The first-order chi connectivity index (χ1) is 32.8.